The van der Waals surface area contributed by atoms with Gasteiger partial charge in [-0.1, -0.05) is 20.8 Å². The van der Waals surface area contributed by atoms with E-state index >= 15 is 0 Å². The van der Waals surface area contributed by atoms with Gasteiger partial charge in [-0.05, 0) is 63.2 Å². The van der Waals surface area contributed by atoms with E-state index in [0.717, 1.165) is 44.9 Å². The summed E-state index contributed by atoms with van der Waals surface area (Å²) in [5.41, 5.74) is -0.441. The van der Waals surface area contributed by atoms with E-state index in [0.29, 0.717) is 24.7 Å². The Kier molecular flexibility index (Phi) is 5.71. The number of rotatable bonds is 7. The molecule has 2 rings (SSSR count). The predicted molar refractivity (Wildman–Crippen MR) is 88.7 cm³/mol. The summed E-state index contributed by atoms with van der Waals surface area (Å²) in [5, 5.41) is 10.4. The number of hydrogen-bond donors (Lipinski definition) is 1. The van der Waals surface area contributed by atoms with Gasteiger partial charge in [0, 0.05) is 18.9 Å². The fourth-order valence-electron chi connectivity index (χ4n) is 4.90. The lowest BCUT2D eigenvalue weighted by molar-refractivity contribution is -0.131. The summed E-state index contributed by atoms with van der Waals surface area (Å²) in [6, 6.07) is 0. The molecule has 0 bridgehead atoms. The van der Waals surface area contributed by atoms with Gasteiger partial charge in [0.2, 0.25) is 0 Å². The van der Waals surface area contributed by atoms with Crippen molar-refractivity contribution in [1.82, 2.24) is 0 Å². The Balaban J connectivity index is 1.90. The fourth-order valence-corrected chi connectivity index (χ4v) is 4.90. The van der Waals surface area contributed by atoms with Crippen molar-refractivity contribution in [2.24, 2.45) is 17.3 Å². The van der Waals surface area contributed by atoms with Crippen LogP contribution in [-0.4, -0.2) is 29.2 Å². The van der Waals surface area contributed by atoms with Gasteiger partial charge in [-0.15, -0.1) is 0 Å². The van der Waals surface area contributed by atoms with Gasteiger partial charge in [-0.3, -0.25) is 4.79 Å². The van der Waals surface area contributed by atoms with Crippen LogP contribution < -0.4 is 0 Å². The average Bonchev–Trinajstić information content (AvgIpc) is 2.85. The molecule has 128 valence electrons. The van der Waals surface area contributed by atoms with E-state index in [4.69, 9.17) is 4.74 Å². The highest BCUT2D eigenvalue weighted by atomic mass is 16.5. The van der Waals surface area contributed by atoms with Crippen LogP contribution in [0.1, 0.15) is 79.1 Å². The van der Waals surface area contributed by atoms with Gasteiger partial charge in [0.25, 0.3) is 0 Å². The van der Waals surface area contributed by atoms with E-state index in [1.165, 1.54) is 0 Å². The van der Waals surface area contributed by atoms with Crippen molar-refractivity contribution in [1.29, 1.82) is 0 Å². The van der Waals surface area contributed by atoms with E-state index in [2.05, 4.69) is 13.8 Å². The van der Waals surface area contributed by atoms with Crippen LogP contribution in [0.4, 0.5) is 0 Å². The van der Waals surface area contributed by atoms with Crippen molar-refractivity contribution >= 4 is 5.78 Å². The molecule has 2 saturated carbocycles. The molecule has 0 radical (unpaired) electrons. The van der Waals surface area contributed by atoms with Crippen molar-refractivity contribution in [3.63, 3.8) is 0 Å². The predicted octanol–water partition coefficient (Wildman–Crippen LogP) is 4.12. The largest absolute Gasteiger partial charge is 0.390 e. The minimum atomic E-state index is -0.581. The SMILES string of the molecule is CCC(O)(CC)CCO[C@H](C)C1CCC2C(=O)CCCC21C. The number of ether oxygens (including phenoxy) is 1. The number of fused-ring (bicyclic) bond motifs is 1. The molecular weight excluding hydrogens is 276 g/mol. The van der Waals surface area contributed by atoms with Crippen LogP contribution in [0.15, 0.2) is 0 Å². The molecule has 2 fully saturated rings. The molecule has 0 amide bonds. The Morgan fingerprint density at radius 2 is 2.05 bits per heavy atom. The summed E-state index contributed by atoms with van der Waals surface area (Å²) < 4.78 is 6.10. The Hall–Kier alpha value is -0.410. The molecule has 0 heterocycles. The zero-order valence-corrected chi connectivity index (χ0v) is 14.9. The number of carbonyl (C=O) groups excluding carboxylic acids is 1. The number of ketones is 1. The first-order valence-corrected chi connectivity index (χ1v) is 9.23. The molecule has 0 aromatic heterocycles. The Bertz CT molecular complexity index is 388. The van der Waals surface area contributed by atoms with Crippen LogP contribution in [0, 0.1) is 17.3 Å². The summed E-state index contributed by atoms with van der Waals surface area (Å²) in [6.07, 6.45) is 7.58. The summed E-state index contributed by atoms with van der Waals surface area (Å²) in [5.74, 6) is 1.23. The summed E-state index contributed by atoms with van der Waals surface area (Å²) in [7, 11) is 0. The second-order valence-corrected chi connectivity index (χ2v) is 7.82. The molecule has 2 aliphatic rings. The lowest BCUT2D eigenvalue weighted by Gasteiger charge is -2.42. The highest BCUT2D eigenvalue weighted by Gasteiger charge is 2.52. The molecule has 3 unspecified atom stereocenters. The molecule has 0 spiro atoms. The number of Topliss-reactive ketones (excluding diaryl/α,β-unsaturated/α-hetero) is 1. The van der Waals surface area contributed by atoms with Crippen LogP contribution in [-0.2, 0) is 9.53 Å². The third kappa shape index (κ3) is 3.41. The van der Waals surface area contributed by atoms with Crippen molar-refractivity contribution < 1.29 is 14.6 Å². The summed E-state index contributed by atoms with van der Waals surface area (Å²) in [4.78, 5) is 12.2. The maximum Gasteiger partial charge on any atom is 0.136 e. The lowest BCUT2D eigenvalue weighted by atomic mass is 9.64. The maximum absolute atomic E-state index is 12.2. The Morgan fingerprint density at radius 3 is 2.68 bits per heavy atom. The van der Waals surface area contributed by atoms with Gasteiger partial charge in [-0.2, -0.15) is 0 Å². The molecule has 0 aromatic carbocycles. The third-order valence-electron chi connectivity index (χ3n) is 6.77. The highest BCUT2D eigenvalue weighted by Crippen LogP contribution is 2.55. The second kappa shape index (κ2) is 7.00. The van der Waals surface area contributed by atoms with E-state index in [1.807, 2.05) is 13.8 Å². The smallest absolute Gasteiger partial charge is 0.136 e. The van der Waals surface area contributed by atoms with Gasteiger partial charge < -0.3 is 9.84 Å². The second-order valence-electron chi connectivity index (χ2n) is 7.82. The zero-order chi connectivity index (χ0) is 16.4. The first-order chi connectivity index (χ1) is 10.4. The normalized spacial score (nSPS) is 33.8. The fraction of sp³-hybridized carbons (Fsp3) is 0.947. The zero-order valence-electron chi connectivity index (χ0n) is 14.9. The van der Waals surface area contributed by atoms with Crippen molar-refractivity contribution in [2.45, 2.75) is 90.8 Å². The monoisotopic (exact) mass is 310 g/mol. The Morgan fingerprint density at radius 1 is 1.36 bits per heavy atom. The summed E-state index contributed by atoms with van der Waals surface area (Å²) >= 11 is 0. The molecule has 3 nitrogen and oxygen atoms in total. The van der Waals surface area contributed by atoms with Gasteiger partial charge in [0.15, 0.2) is 0 Å². The molecule has 4 atom stereocenters. The molecule has 22 heavy (non-hydrogen) atoms. The quantitative estimate of drug-likeness (QED) is 0.769. The molecule has 2 aliphatic carbocycles. The summed E-state index contributed by atoms with van der Waals surface area (Å²) in [6.45, 7) is 9.14. The topological polar surface area (TPSA) is 46.5 Å². The molecular formula is C19H34O3. The number of carbonyl (C=O) groups is 1. The van der Waals surface area contributed by atoms with Crippen molar-refractivity contribution in [3.8, 4) is 0 Å². The van der Waals surface area contributed by atoms with Gasteiger partial charge >= 0.3 is 0 Å². The highest BCUT2D eigenvalue weighted by molar-refractivity contribution is 5.83. The molecule has 0 aliphatic heterocycles. The number of aliphatic hydroxyl groups is 1. The van der Waals surface area contributed by atoms with Crippen LogP contribution in [0.25, 0.3) is 0 Å². The molecule has 0 saturated heterocycles. The lowest BCUT2D eigenvalue weighted by Crippen LogP contribution is -2.41. The van der Waals surface area contributed by atoms with E-state index in [9.17, 15) is 9.90 Å². The van der Waals surface area contributed by atoms with Crippen LogP contribution in [0.5, 0.6) is 0 Å². The van der Waals surface area contributed by atoms with Crippen molar-refractivity contribution in [3.05, 3.63) is 0 Å². The van der Waals surface area contributed by atoms with Gasteiger partial charge in [0.1, 0.15) is 5.78 Å². The van der Waals surface area contributed by atoms with Crippen LogP contribution >= 0.6 is 0 Å². The molecule has 3 heteroatoms. The third-order valence-corrected chi connectivity index (χ3v) is 6.77. The standard InChI is InChI=1S/C19H34O3/c1-5-19(21,6-2)12-13-22-14(3)15-9-10-16-17(20)8-7-11-18(15,16)4/h14-16,21H,5-13H2,1-4H3/t14-,15?,16?,18?/m1/s1. The van der Waals surface area contributed by atoms with E-state index in [-0.39, 0.29) is 17.4 Å². The average molecular weight is 310 g/mol. The van der Waals surface area contributed by atoms with Crippen LogP contribution in [0.2, 0.25) is 0 Å². The van der Waals surface area contributed by atoms with Gasteiger partial charge in [-0.25, -0.2) is 0 Å². The van der Waals surface area contributed by atoms with Gasteiger partial charge in [0.05, 0.1) is 11.7 Å². The maximum atomic E-state index is 12.2. The van der Waals surface area contributed by atoms with Crippen LogP contribution in [0.3, 0.4) is 0 Å². The first kappa shape index (κ1) is 17.9. The first-order valence-electron chi connectivity index (χ1n) is 9.23. The van der Waals surface area contributed by atoms with E-state index in [1.54, 1.807) is 0 Å². The molecule has 1 N–H and O–H groups in total. The number of hydrogen-bond acceptors (Lipinski definition) is 3. The minimum Gasteiger partial charge on any atom is -0.390 e. The molecule has 0 aromatic rings. The van der Waals surface area contributed by atoms with Crippen molar-refractivity contribution in [2.75, 3.05) is 6.61 Å². The Labute approximate surface area is 135 Å². The van der Waals surface area contributed by atoms with E-state index < -0.39 is 5.60 Å². The minimum absolute atomic E-state index is 0.139.